The highest BCUT2D eigenvalue weighted by molar-refractivity contribution is 6.31. The van der Waals surface area contributed by atoms with Gasteiger partial charge in [-0.3, -0.25) is 9.59 Å². The number of carbonyl (C=O) groups is 2. The van der Waals surface area contributed by atoms with Crippen molar-refractivity contribution < 1.29 is 48.2 Å². The fraction of sp³-hybridized carbons (Fsp3) is 0.350. The van der Waals surface area contributed by atoms with Gasteiger partial charge >= 0.3 is 0 Å². The fourth-order valence-electron chi connectivity index (χ4n) is 6.36. The molecule has 4 aromatic rings. The van der Waals surface area contributed by atoms with Crippen LogP contribution in [0.1, 0.15) is 43.0 Å². The Morgan fingerprint density at radius 2 is 0.870 bits per heavy atom. The third-order valence-corrected chi connectivity index (χ3v) is 9.00. The van der Waals surface area contributed by atoms with E-state index in [9.17, 15) is 19.8 Å². The van der Waals surface area contributed by atoms with Crippen LogP contribution in [0, 0.1) is 0 Å². The van der Waals surface area contributed by atoms with Gasteiger partial charge in [0.15, 0.2) is 34.6 Å². The third kappa shape index (κ3) is 8.80. The van der Waals surface area contributed by atoms with Crippen molar-refractivity contribution in [3.63, 3.8) is 0 Å². The molecule has 0 amide bonds. The van der Waals surface area contributed by atoms with Crippen LogP contribution in [0.3, 0.4) is 0 Å². The summed E-state index contributed by atoms with van der Waals surface area (Å²) in [7, 11) is 9.27. The molecule has 1 aliphatic carbocycles. The maximum Gasteiger partial charge on any atom is 0.203 e. The summed E-state index contributed by atoms with van der Waals surface area (Å²) in [6.07, 6.45) is -1.69. The standard InChI is InChI=1S/C40H48N4O10/c1-49-31-13-23(14-32(50-2)39(31)53-5)17-41-19-25(45)21-43-29-11-12-30(36-35(29)37(47)27-9-7-8-10-28(27)38(36)48)44-22-26(46)20-42-18-24-15-33(51-3)40(54-6)34(16-24)52-4/h7-16,25-26,41-46H,17-22H2,1-6H3. The van der Waals surface area contributed by atoms with E-state index in [-0.39, 0.29) is 48.9 Å². The van der Waals surface area contributed by atoms with E-state index in [1.165, 1.54) is 14.2 Å². The highest BCUT2D eigenvalue weighted by atomic mass is 16.5. The Bertz CT molecular complexity index is 1760. The topological polar surface area (TPSA) is 178 Å². The molecule has 1 aliphatic rings. The number of benzene rings is 4. The lowest BCUT2D eigenvalue weighted by Crippen LogP contribution is -2.33. The summed E-state index contributed by atoms with van der Waals surface area (Å²) >= 11 is 0. The first-order valence-electron chi connectivity index (χ1n) is 17.4. The average Bonchev–Trinajstić information content (AvgIpc) is 3.20. The summed E-state index contributed by atoms with van der Waals surface area (Å²) in [5.74, 6) is 2.46. The van der Waals surface area contributed by atoms with Crippen molar-refractivity contribution in [2.24, 2.45) is 0 Å². The number of carbonyl (C=O) groups excluding carboxylic acids is 2. The minimum Gasteiger partial charge on any atom is -0.493 e. The number of anilines is 2. The normalized spacial score (nSPS) is 13.0. The molecular weight excluding hydrogens is 696 g/mol. The molecule has 6 N–H and O–H groups in total. The summed E-state index contributed by atoms with van der Waals surface area (Å²) in [6, 6.07) is 17.4. The number of fused-ring (bicyclic) bond motifs is 2. The van der Waals surface area contributed by atoms with E-state index in [2.05, 4.69) is 21.3 Å². The third-order valence-electron chi connectivity index (χ3n) is 9.00. The van der Waals surface area contributed by atoms with Gasteiger partial charge in [0.25, 0.3) is 0 Å². The van der Waals surface area contributed by atoms with Crippen LogP contribution < -0.4 is 49.7 Å². The summed E-state index contributed by atoms with van der Waals surface area (Å²) in [5, 5.41) is 34.5. The van der Waals surface area contributed by atoms with E-state index >= 15 is 0 Å². The molecule has 2 unspecified atom stereocenters. The summed E-state index contributed by atoms with van der Waals surface area (Å²) < 4.78 is 32.5. The number of ether oxygens (including phenoxy) is 6. The van der Waals surface area contributed by atoms with Crippen LogP contribution in [-0.2, 0) is 13.1 Å². The number of hydrogen-bond donors (Lipinski definition) is 6. The molecule has 0 radical (unpaired) electrons. The van der Waals surface area contributed by atoms with E-state index in [1.807, 2.05) is 24.3 Å². The smallest absolute Gasteiger partial charge is 0.203 e. The van der Waals surface area contributed by atoms with Gasteiger partial charge in [-0.05, 0) is 47.5 Å². The number of hydrogen-bond acceptors (Lipinski definition) is 14. The van der Waals surface area contributed by atoms with Gasteiger partial charge in [-0.2, -0.15) is 0 Å². The van der Waals surface area contributed by atoms with Crippen molar-refractivity contribution >= 4 is 22.9 Å². The van der Waals surface area contributed by atoms with Crippen LogP contribution >= 0.6 is 0 Å². The van der Waals surface area contributed by atoms with Gasteiger partial charge in [-0.25, -0.2) is 0 Å². The first kappa shape index (κ1) is 39.7. The van der Waals surface area contributed by atoms with Crippen molar-refractivity contribution in [1.82, 2.24) is 10.6 Å². The first-order chi connectivity index (χ1) is 26.2. The van der Waals surface area contributed by atoms with Gasteiger partial charge < -0.3 is 59.9 Å². The SMILES string of the molecule is COc1cc(CNCC(O)CNc2ccc(NCC(O)CNCc3cc(OC)c(OC)c(OC)c3)c3c2C(=O)c2ccccc2C3=O)cc(OC)c1OC. The van der Waals surface area contributed by atoms with Crippen LogP contribution in [-0.4, -0.2) is 103 Å². The zero-order chi connectivity index (χ0) is 38.8. The second-order valence-corrected chi connectivity index (χ2v) is 12.5. The lowest BCUT2D eigenvalue weighted by Gasteiger charge is -2.25. The molecule has 0 fully saturated rings. The second kappa shape index (κ2) is 18.5. The lowest BCUT2D eigenvalue weighted by atomic mass is 9.82. The molecule has 0 saturated carbocycles. The van der Waals surface area contributed by atoms with Gasteiger partial charge in [-0.1, -0.05) is 24.3 Å². The predicted octanol–water partition coefficient (Wildman–Crippen LogP) is 3.64. The zero-order valence-corrected chi connectivity index (χ0v) is 31.3. The largest absolute Gasteiger partial charge is 0.493 e. The molecule has 14 nitrogen and oxygen atoms in total. The maximum atomic E-state index is 13.9. The summed E-state index contributed by atoms with van der Waals surface area (Å²) in [6.45, 7) is 1.49. The molecule has 0 aromatic heterocycles. The molecule has 2 atom stereocenters. The Hall–Kier alpha value is -5.54. The highest BCUT2D eigenvalue weighted by Crippen LogP contribution is 2.40. The summed E-state index contributed by atoms with van der Waals surface area (Å²) in [4.78, 5) is 27.8. The van der Waals surface area contributed by atoms with Gasteiger partial charge in [-0.15, -0.1) is 0 Å². The van der Waals surface area contributed by atoms with E-state index in [0.29, 0.717) is 70.1 Å². The van der Waals surface area contributed by atoms with Crippen molar-refractivity contribution in [2.75, 3.05) is 79.5 Å². The van der Waals surface area contributed by atoms with E-state index in [0.717, 1.165) is 11.1 Å². The van der Waals surface area contributed by atoms with Crippen LogP contribution in [0.25, 0.3) is 0 Å². The van der Waals surface area contributed by atoms with Crippen molar-refractivity contribution in [2.45, 2.75) is 25.3 Å². The number of methoxy groups -OCH3 is 6. The predicted molar refractivity (Wildman–Crippen MR) is 204 cm³/mol. The number of ketones is 2. The van der Waals surface area contributed by atoms with Crippen molar-refractivity contribution in [3.05, 3.63) is 94.0 Å². The molecule has 0 bridgehead atoms. The second-order valence-electron chi connectivity index (χ2n) is 12.5. The number of rotatable bonds is 20. The van der Waals surface area contributed by atoms with Crippen molar-refractivity contribution in [1.29, 1.82) is 0 Å². The van der Waals surface area contributed by atoms with E-state index < -0.39 is 12.2 Å². The Kier molecular flexibility index (Phi) is 13.6. The van der Waals surface area contributed by atoms with Gasteiger partial charge in [0.1, 0.15) is 0 Å². The molecule has 0 spiro atoms. The Morgan fingerprint density at radius 1 is 0.519 bits per heavy atom. The minimum atomic E-state index is -0.843. The van der Waals surface area contributed by atoms with Gasteiger partial charge in [0, 0.05) is 61.8 Å². The number of aliphatic hydroxyl groups excluding tert-OH is 2. The monoisotopic (exact) mass is 744 g/mol. The lowest BCUT2D eigenvalue weighted by molar-refractivity contribution is 0.0980. The molecule has 5 rings (SSSR count). The van der Waals surface area contributed by atoms with Gasteiger partial charge in [0.2, 0.25) is 11.5 Å². The molecular formula is C40H48N4O10. The molecule has 0 saturated heterocycles. The molecule has 0 aliphatic heterocycles. The zero-order valence-electron chi connectivity index (χ0n) is 31.3. The Balaban J connectivity index is 1.24. The quantitative estimate of drug-likeness (QED) is 0.0681. The maximum absolute atomic E-state index is 13.9. The van der Waals surface area contributed by atoms with E-state index in [4.69, 9.17) is 28.4 Å². The molecule has 14 heteroatoms. The minimum absolute atomic E-state index is 0.0981. The Labute approximate surface area is 314 Å². The van der Waals surface area contributed by atoms with Gasteiger partial charge in [0.05, 0.1) is 66.0 Å². The Morgan fingerprint density at radius 3 is 1.19 bits per heavy atom. The first-order valence-corrected chi connectivity index (χ1v) is 17.4. The van der Waals surface area contributed by atoms with Crippen LogP contribution in [0.4, 0.5) is 11.4 Å². The van der Waals surface area contributed by atoms with Crippen LogP contribution in [0.2, 0.25) is 0 Å². The van der Waals surface area contributed by atoms with Crippen molar-refractivity contribution in [3.8, 4) is 34.5 Å². The highest BCUT2D eigenvalue weighted by Gasteiger charge is 2.34. The average molecular weight is 745 g/mol. The summed E-state index contributed by atoms with van der Waals surface area (Å²) in [5.41, 5.74) is 3.58. The van der Waals surface area contributed by atoms with Crippen LogP contribution in [0.5, 0.6) is 34.5 Å². The molecule has 4 aromatic carbocycles. The van der Waals surface area contributed by atoms with E-state index in [1.54, 1.807) is 64.8 Å². The number of nitrogens with one attached hydrogen (secondary N) is 4. The molecule has 0 heterocycles. The molecule has 288 valence electrons. The number of aliphatic hydroxyl groups is 2. The molecule has 54 heavy (non-hydrogen) atoms. The van der Waals surface area contributed by atoms with Crippen LogP contribution in [0.15, 0.2) is 60.7 Å². The fourth-order valence-corrected chi connectivity index (χ4v) is 6.36.